The summed E-state index contributed by atoms with van der Waals surface area (Å²) in [6, 6.07) is 5.88. The third-order valence-corrected chi connectivity index (χ3v) is 4.21. The van der Waals surface area contributed by atoms with E-state index in [1.807, 2.05) is 0 Å². The number of carboxylic acid groups (broad SMARTS) is 2. The molecule has 7 nitrogen and oxygen atoms in total. The number of aliphatic carboxylic acids is 1. The summed E-state index contributed by atoms with van der Waals surface area (Å²) >= 11 is 1.08. The van der Waals surface area contributed by atoms with E-state index in [-0.39, 0.29) is 24.4 Å². The van der Waals surface area contributed by atoms with Crippen LogP contribution >= 0.6 is 11.8 Å². The van der Waals surface area contributed by atoms with Gasteiger partial charge in [-0.05, 0) is 24.3 Å². The lowest BCUT2D eigenvalue weighted by Gasteiger charge is -2.13. The van der Waals surface area contributed by atoms with Crippen LogP contribution in [0.15, 0.2) is 41.9 Å². The second-order valence-corrected chi connectivity index (χ2v) is 5.86. The number of hydrogen-bond acceptors (Lipinski definition) is 5. The number of carboxylic acids is 2. The van der Waals surface area contributed by atoms with Gasteiger partial charge in [0, 0.05) is 6.54 Å². The Bertz CT molecular complexity index is 684. The van der Waals surface area contributed by atoms with Crippen LogP contribution in [0.25, 0.3) is 0 Å². The fraction of sp³-hybridized carbons (Fsp3) is 0.200. The Morgan fingerprint density at radius 3 is 2.48 bits per heavy atom. The van der Waals surface area contributed by atoms with E-state index in [4.69, 9.17) is 10.2 Å². The molecule has 1 aromatic carbocycles. The predicted octanol–water partition coefficient (Wildman–Crippen LogP) is 1.98. The number of benzene rings is 1. The van der Waals surface area contributed by atoms with Gasteiger partial charge in [-0.3, -0.25) is 14.5 Å². The Morgan fingerprint density at radius 2 is 1.96 bits per heavy atom. The van der Waals surface area contributed by atoms with Crippen LogP contribution in [-0.2, 0) is 9.59 Å². The molecule has 0 aliphatic carbocycles. The van der Waals surface area contributed by atoms with Crippen molar-refractivity contribution < 1.29 is 24.6 Å². The Hall–Kier alpha value is -2.61. The molecule has 1 aromatic rings. The van der Waals surface area contributed by atoms with Gasteiger partial charge in [-0.15, -0.1) is 6.58 Å². The van der Waals surface area contributed by atoms with Gasteiger partial charge < -0.3 is 10.2 Å². The number of amidine groups is 1. The van der Waals surface area contributed by atoms with Gasteiger partial charge in [0.15, 0.2) is 5.17 Å². The average molecular weight is 334 g/mol. The number of nitrogens with zero attached hydrogens (tertiary/aromatic N) is 2. The maximum atomic E-state index is 12.2. The monoisotopic (exact) mass is 334 g/mol. The third kappa shape index (κ3) is 3.98. The van der Waals surface area contributed by atoms with Crippen molar-refractivity contribution in [1.82, 2.24) is 4.90 Å². The lowest BCUT2D eigenvalue weighted by Crippen LogP contribution is -2.32. The van der Waals surface area contributed by atoms with Gasteiger partial charge in [0.05, 0.1) is 17.7 Å². The highest BCUT2D eigenvalue weighted by Crippen LogP contribution is 2.31. The number of rotatable bonds is 6. The highest BCUT2D eigenvalue weighted by Gasteiger charge is 2.38. The molecule has 0 spiro atoms. The molecule has 0 unspecified atom stereocenters. The Kier molecular flexibility index (Phi) is 5.17. The Labute approximate surface area is 136 Å². The molecule has 0 aromatic heterocycles. The van der Waals surface area contributed by atoms with Crippen LogP contribution in [0, 0.1) is 0 Å². The quantitative estimate of drug-likeness (QED) is 0.770. The summed E-state index contributed by atoms with van der Waals surface area (Å²) in [4.78, 5) is 39.6. The van der Waals surface area contributed by atoms with Crippen molar-refractivity contribution in [2.24, 2.45) is 4.99 Å². The molecule has 23 heavy (non-hydrogen) atoms. The molecule has 2 rings (SSSR count). The molecule has 8 heteroatoms. The molecule has 1 aliphatic rings. The second-order valence-electron chi connectivity index (χ2n) is 4.69. The Morgan fingerprint density at radius 1 is 1.30 bits per heavy atom. The summed E-state index contributed by atoms with van der Waals surface area (Å²) < 4.78 is 0. The van der Waals surface area contributed by atoms with Crippen molar-refractivity contribution in [2.75, 3.05) is 6.54 Å². The third-order valence-electron chi connectivity index (χ3n) is 3.03. The van der Waals surface area contributed by atoms with Crippen molar-refractivity contribution >= 4 is 40.5 Å². The summed E-state index contributed by atoms with van der Waals surface area (Å²) in [6.45, 7) is 3.81. The molecule has 1 heterocycles. The summed E-state index contributed by atoms with van der Waals surface area (Å²) in [5, 5.41) is 17.4. The maximum Gasteiger partial charge on any atom is 0.335 e. The fourth-order valence-corrected chi connectivity index (χ4v) is 3.13. The van der Waals surface area contributed by atoms with Gasteiger partial charge in [-0.25, -0.2) is 9.79 Å². The molecule has 0 saturated carbocycles. The zero-order chi connectivity index (χ0) is 17.0. The minimum Gasteiger partial charge on any atom is -0.481 e. The first-order valence-electron chi connectivity index (χ1n) is 6.65. The number of hydrogen-bond donors (Lipinski definition) is 2. The topological polar surface area (TPSA) is 107 Å². The van der Waals surface area contributed by atoms with Gasteiger partial charge in [-0.1, -0.05) is 17.8 Å². The van der Waals surface area contributed by atoms with Gasteiger partial charge in [-0.2, -0.15) is 0 Å². The van der Waals surface area contributed by atoms with Crippen LogP contribution in [0.4, 0.5) is 5.69 Å². The predicted molar refractivity (Wildman–Crippen MR) is 86.0 cm³/mol. The molecule has 1 amide bonds. The van der Waals surface area contributed by atoms with Crippen LogP contribution in [0.2, 0.25) is 0 Å². The van der Waals surface area contributed by atoms with E-state index in [1.165, 1.54) is 35.2 Å². The average Bonchev–Trinajstić information content (AvgIpc) is 2.76. The van der Waals surface area contributed by atoms with E-state index in [1.54, 1.807) is 0 Å². The minimum absolute atomic E-state index is 0.135. The van der Waals surface area contributed by atoms with Gasteiger partial charge >= 0.3 is 11.9 Å². The van der Waals surface area contributed by atoms with E-state index >= 15 is 0 Å². The standard InChI is InChI=1S/C15H14N2O5S/c1-2-7-17-13(20)11(8-12(18)19)23-15(17)16-10-5-3-9(4-6-10)14(21)22/h2-6,11H,1,7-8H2,(H,18,19)(H,21,22)/t11-/m1/s1. The second kappa shape index (κ2) is 7.10. The van der Waals surface area contributed by atoms with Gasteiger partial charge in [0.2, 0.25) is 5.91 Å². The van der Waals surface area contributed by atoms with Crippen molar-refractivity contribution in [1.29, 1.82) is 0 Å². The normalized spacial score (nSPS) is 19.1. The first-order valence-corrected chi connectivity index (χ1v) is 7.53. The fourth-order valence-electron chi connectivity index (χ4n) is 1.97. The first kappa shape index (κ1) is 16.8. The molecular weight excluding hydrogens is 320 g/mol. The SMILES string of the molecule is C=CCN1C(=O)[C@@H](CC(=O)O)SC1=Nc1ccc(C(=O)O)cc1. The number of carbonyl (C=O) groups excluding carboxylic acids is 1. The van der Waals surface area contributed by atoms with Crippen molar-refractivity contribution in [3.63, 3.8) is 0 Å². The van der Waals surface area contributed by atoms with Crippen LogP contribution in [0.5, 0.6) is 0 Å². The molecule has 1 fully saturated rings. The smallest absolute Gasteiger partial charge is 0.335 e. The van der Waals surface area contributed by atoms with Crippen LogP contribution < -0.4 is 0 Å². The molecule has 2 N–H and O–H groups in total. The number of amides is 1. The molecule has 1 aliphatic heterocycles. The number of thioether (sulfide) groups is 1. The van der Waals surface area contributed by atoms with Crippen LogP contribution in [-0.4, -0.2) is 49.9 Å². The maximum absolute atomic E-state index is 12.2. The van der Waals surface area contributed by atoms with Gasteiger partial charge in [0.1, 0.15) is 5.25 Å². The minimum atomic E-state index is -1.05. The van der Waals surface area contributed by atoms with Crippen molar-refractivity contribution in [2.45, 2.75) is 11.7 Å². The summed E-state index contributed by atoms with van der Waals surface area (Å²) in [6.07, 6.45) is 1.25. The largest absolute Gasteiger partial charge is 0.481 e. The van der Waals surface area contributed by atoms with E-state index < -0.39 is 17.2 Å². The van der Waals surface area contributed by atoms with Crippen molar-refractivity contribution in [3.05, 3.63) is 42.5 Å². The number of aliphatic imine (C=N–C) groups is 1. The molecular formula is C15H14N2O5S. The Balaban J connectivity index is 2.27. The molecule has 0 bridgehead atoms. The first-order chi connectivity index (χ1) is 10.9. The zero-order valence-corrected chi connectivity index (χ0v) is 12.8. The van der Waals surface area contributed by atoms with Crippen LogP contribution in [0.3, 0.4) is 0 Å². The number of carbonyl (C=O) groups is 3. The lowest BCUT2D eigenvalue weighted by molar-refractivity contribution is -0.139. The highest BCUT2D eigenvalue weighted by molar-refractivity contribution is 8.15. The molecule has 1 saturated heterocycles. The highest BCUT2D eigenvalue weighted by atomic mass is 32.2. The molecule has 0 radical (unpaired) electrons. The van der Waals surface area contributed by atoms with E-state index in [0.717, 1.165) is 11.8 Å². The molecule has 120 valence electrons. The van der Waals surface area contributed by atoms with Crippen LogP contribution in [0.1, 0.15) is 16.8 Å². The summed E-state index contributed by atoms with van der Waals surface area (Å²) in [5.74, 6) is -2.41. The van der Waals surface area contributed by atoms with E-state index in [0.29, 0.717) is 10.9 Å². The van der Waals surface area contributed by atoms with Gasteiger partial charge in [0.25, 0.3) is 0 Å². The van der Waals surface area contributed by atoms with Crippen molar-refractivity contribution in [3.8, 4) is 0 Å². The number of aromatic carboxylic acids is 1. The lowest BCUT2D eigenvalue weighted by atomic mass is 10.2. The zero-order valence-electron chi connectivity index (χ0n) is 12.0. The van der Waals surface area contributed by atoms with E-state index in [9.17, 15) is 14.4 Å². The summed E-state index contributed by atoms with van der Waals surface area (Å²) in [7, 11) is 0. The van der Waals surface area contributed by atoms with E-state index in [2.05, 4.69) is 11.6 Å². The summed E-state index contributed by atoms with van der Waals surface area (Å²) in [5.41, 5.74) is 0.617. The molecule has 1 atom stereocenters.